The van der Waals surface area contributed by atoms with Crippen molar-refractivity contribution in [2.24, 2.45) is 0 Å². The van der Waals surface area contributed by atoms with E-state index in [2.05, 4.69) is 0 Å². The van der Waals surface area contributed by atoms with Crippen molar-refractivity contribution in [3.8, 4) is 5.75 Å². The van der Waals surface area contributed by atoms with E-state index in [0.29, 0.717) is 11.3 Å². The van der Waals surface area contributed by atoms with E-state index < -0.39 is 5.97 Å². The number of carboxylic acids is 1. The molecule has 0 aliphatic heterocycles. The molecule has 106 valence electrons. The van der Waals surface area contributed by atoms with Crippen LogP contribution in [0.1, 0.15) is 5.56 Å². The number of rotatable bonds is 5. The zero-order chi connectivity index (χ0) is 14.7. The maximum atomic E-state index is 11.9. The van der Waals surface area contributed by atoms with Crippen LogP contribution >= 0.6 is 0 Å². The zero-order valence-electron chi connectivity index (χ0n) is 11.3. The van der Waals surface area contributed by atoms with Gasteiger partial charge >= 0.3 is 5.97 Å². The average Bonchev–Trinajstić information content (AvgIpc) is 2.80. The third-order valence-electron chi connectivity index (χ3n) is 3.00. The number of carbonyl (C=O) groups excluding carboxylic acids is 1. The fourth-order valence-corrected chi connectivity index (χ4v) is 1.92. The standard InChI is InChI=1S/C14H15NO5/c1-15(7-14(17)18)13(16)5-9-8-20-12-6-10(19-2)3-4-11(9)12/h3-4,6,8H,5,7H2,1-2H3,(H,17,18). The van der Waals surface area contributed by atoms with Crippen LogP contribution in [-0.4, -0.2) is 42.6 Å². The van der Waals surface area contributed by atoms with Crippen LogP contribution in [0.25, 0.3) is 11.0 Å². The second kappa shape index (κ2) is 5.64. The lowest BCUT2D eigenvalue weighted by Crippen LogP contribution is -2.32. The van der Waals surface area contributed by atoms with Crippen LogP contribution < -0.4 is 4.74 Å². The summed E-state index contributed by atoms with van der Waals surface area (Å²) in [6, 6.07) is 5.34. The Labute approximate surface area is 115 Å². The molecule has 0 atom stereocenters. The number of furan rings is 1. The lowest BCUT2D eigenvalue weighted by Gasteiger charge is -2.13. The first-order valence-corrected chi connectivity index (χ1v) is 6.01. The molecule has 0 aliphatic carbocycles. The van der Waals surface area contributed by atoms with Gasteiger partial charge in [0.15, 0.2) is 0 Å². The van der Waals surface area contributed by atoms with Crippen LogP contribution in [0.15, 0.2) is 28.9 Å². The third-order valence-corrected chi connectivity index (χ3v) is 3.00. The number of hydrogen-bond acceptors (Lipinski definition) is 4. The number of nitrogens with zero attached hydrogens (tertiary/aromatic N) is 1. The SMILES string of the molecule is COc1ccc2c(CC(=O)N(C)CC(=O)O)coc2c1. The molecule has 6 nitrogen and oxygen atoms in total. The molecule has 1 N–H and O–H groups in total. The van der Waals surface area contributed by atoms with Gasteiger partial charge in [0.1, 0.15) is 17.9 Å². The molecule has 0 radical (unpaired) electrons. The van der Waals surface area contributed by atoms with Gasteiger partial charge in [0, 0.05) is 24.1 Å². The summed E-state index contributed by atoms with van der Waals surface area (Å²) in [5.41, 5.74) is 1.36. The quantitative estimate of drug-likeness (QED) is 0.896. The maximum Gasteiger partial charge on any atom is 0.323 e. The molecule has 0 saturated heterocycles. The number of carbonyl (C=O) groups is 2. The third kappa shape index (κ3) is 2.90. The Hall–Kier alpha value is -2.50. The molecule has 6 heteroatoms. The van der Waals surface area contributed by atoms with Crippen molar-refractivity contribution in [1.29, 1.82) is 0 Å². The fourth-order valence-electron chi connectivity index (χ4n) is 1.92. The molecule has 2 aromatic rings. The monoisotopic (exact) mass is 277 g/mol. The number of amides is 1. The summed E-state index contributed by atoms with van der Waals surface area (Å²) in [6.45, 7) is -0.317. The van der Waals surface area contributed by atoms with E-state index in [1.807, 2.05) is 6.07 Å². The van der Waals surface area contributed by atoms with Crippen LogP contribution in [0.4, 0.5) is 0 Å². The molecule has 20 heavy (non-hydrogen) atoms. The average molecular weight is 277 g/mol. The molecule has 0 fully saturated rings. The topological polar surface area (TPSA) is 80.0 Å². The summed E-state index contributed by atoms with van der Waals surface area (Å²) in [5.74, 6) is -0.638. The van der Waals surface area contributed by atoms with Crippen molar-refractivity contribution < 1.29 is 23.8 Å². The van der Waals surface area contributed by atoms with Crippen molar-refractivity contribution in [1.82, 2.24) is 4.90 Å². The molecule has 1 aromatic heterocycles. The van der Waals surface area contributed by atoms with Crippen LogP contribution in [0.5, 0.6) is 5.75 Å². The van der Waals surface area contributed by atoms with E-state index in [1.165, 1.54) is 18.2 Å². The zero-order valence-corrected chi connectivity index (χ0v) is 11.3. The van der Waals surface area contributed by atoms with Crippen molar-refractivity contribution in [2.75, 3.05) is 20.7 Å². The first-order valence-electron chi connectivity index (χ1n) is 6.01. The maximum absolute atomic E-state index is 11.9. The second-order valence-corrected chi connectivity index (χ2v) is 4.44. The van der Waals surface area contributed by atoms with Gasteiger partial charge in [-0.3, -0.25) is 9.59 Å². The number of benzene rings is 1. The van der Waals surface area contributed by atoms with Crippen LogP contribution in [0.2, 0.25) is 0 Å². The second-order valence-electron chi connectivity index (χ2n) is 4.44. The van der Waals surface area contributed by atoms with Gasteiger partial charge in [-0.05, 0) is 12.1 Å². The summed E-state index contributed by atoms with van der Waals surface area (Å²) in [6.07, 6.45) is 1.61. The first kappa shape index (κ1) is 13.9. The van der Waals surface area contributed by atoms with Gasteiger partial charge in [-0.15, -0.1) is 0 Å². The Morgan fingerprint density at radius 2 is 2.15 bits per heavy atom. The summed E-state index contributed by atoms with van der Waals surface area (Å²) >= 11 is 0. The Morgan fingerprint density at radius 1 is 1.40 bits per heavy atom. The smallest absolute Gasteiger partial charge is 0.323 e. The molecule has 0 unspecified atom stereocenters. The number of carboxylic acid groups (broad SMARTS) is 1. The van der Waals surface area contributed by atoms with Gasteiger partial charge in [-0.1, -0.05) is 0 Å². The van der Waals surface area contributed by atoms with E-state index in [1.54, 1.807) is 19.2 Å². The number of hydrogen-bond donors (Lipinski definition) is 1. The van der Waals surface area contributed by atoms with E-state index in [-0.39, 0.29) is 18.9 Å². The van der Waals surface area contributed by atoms with E-state index >= 15 is 0 Å². The Kier molecular flexibility index (Phi) is 3.93. The summed E-state index contributed by atoms with van der Waals surface area (Å²) in [4.78, 5) is 23.7. The van der Waals surface area contributed by atoms with Gasteiger partial charge in [0.2, 0.25) is 5.91 Å². The molecular weight excluding hydrogens is 262 g/mol. The lowest BCUT2D eigenvalue weighted by molar-refractivity contribution is -0.143. The predicted octanol–water partition coefficient (Wildman–Crippen LogP) is 1.53. The van der Waals surface area contributed by atoms with Gasteiger partial charge in [0.25, 0.3) is 0 Å². The van der Waals surface area contributed by atoms with Crippen LogP contribution in [0.3, 0.4) is 0 Å². The molecule has 0 spiro atoms. The van der Waals surface area contributed by atoms with Crippen LogP contribution in [-0.2, 0) is 16.0 Å². The van der Waals surface area contributed by atoms with Crippen molar-refractivity contribution in [2.45, 2.75) is 6.42 Å². The number of ether oxygens (including phenoxy) is 1. The van der Waals surface area contributed by atoms with E-state index in [4.69, 9.17) is 14.3 Å². The lowest BCUT2D eigenvalue weighted by atomic mass is 10.1. The largest absolute Gasteiger partial charge is 0.497 e. The van der Waals surface area contributed by atoms with Gasteiger partial charge in [0.05, 0.1) is 19.8 Å². The molecule has 1 amide bonds. The normalized spacial score (nSPS) is 10.5. The highest BCUT2D eigenvalue weighted by Crippen LogP contribution is 2.26. The minimum atomic E-state index is -1.04. The molecule has 0 aliphatic rings. The molecule has 1 heterocycles. The predicted molar refractivity (Wildman–Crippen MR) is 71.7 cm³/mol. The summed E-state index contributed by atoms with van der Waals surface area (Å²) < 4.78 is 10.5. The van der Waals surface area contributed by atoms with Gasteiger partial charge < -0.3 is 19.2 Å². The Balaban J connectivity index is 2.17. The van der Waals surface area contributed by atoms with Crippen molar-refractivity contribution in [3.63, 3.8) is 0 Å². The van der Waals surface area contributed by atoms with Crippen molar-refractivity contribution in [3.05, 3.63) is 30.0 Å². The van der Waals surface area contributed by atoms with Crippen LogP contribution in [0, 0.1) is 0 Å². The number of aliphatic carboxylic acids is 1. The molecule has 2 rings (SSSR count). The van der Waals surface area contributed by atoms with Gasteiger partial charge in [-0.25, -0.2) is 0 Å². The Morgan fingerprint density at radius 3 is 2.80 bits per heavy atom. The highest BCUT2D eigenvalue weighted by Gasteiger charge is 2.16. The minimum absolute atomic E-state index is 0.100. The highest BCUT2D eigenvalue weighted by molar-refractivity contribution is 5.89. The van der Waals surface area contributed by atoms with Gasteiger partial charge in [-0.2, -0.15) is 0 Å². The fraction of sp³-hybridized carbons (Fsp3) is 0.286. The summed E-state index contributed by atoms with van der Waals surface area (Å²) in [5, 5.41) is 9.48. The number of likely N-dealkylation sites (N-methyl/N-ethyl adjacent to an activating group) is 1. The first-order chi connectivity index (χ1) is 9.51. The summed E-state index contributed by atoms with van der Waals surface area (Å²) in [7, 11) is 3.02. The number of methoxy groups -OCH3 is 1. The number of fused-ring (bicyclic) bond motifs is 1. The Bertz CT molecular complexity index is 646. The highest BCUT2D eigenvalue weighted by atomic mass is 16.5. The molecule has 1 aromatic carbocycles. The minimum Gasteiger partial charge on any atom is -0.497 e. The molecule has 0 bridgehead atoms. The van der Waals surface area contributed by atoms with E-state index in [9.17, 15) is 9.59 Å². The van der Waals surface area contributed by atoms with Crippen molar-refractivity contribution >= 4 is 22.8 Å². The van der Waals surface area contributed by atoms with E-state index in [0.717, 1.165) is 10.9 Å². The molecule has 0 saturated carbocycles. The molecular formula is C14H15NO5.